The molecule has 2 aromatic carbocycles. The normalized spacial score (nSPS) is 11.4. The Morgan fingerprint density at radius 2 is 0.632 bits per heavy atom. The summed E-state index contributed by atoms with van der Waals surface area (Å²) in [4.78, 5) is 0. The molecule has 0 N–H and O–H groups in total. The van der Waals surface area contributed by atoms with Crippen LogP contribution in [0.3, 0.4) is 0 Å². The van der Waals surface area contributed by atoms with Gasteiger partial charge in [-0.1, -0.05) is 153 Å². The van der Waals surface area contributed by atoms with Gasteiger partial charge in [-0.2, -0.15) is 0 Å². The lowest BCUT2D eigenvalue weighted by molar-refractivity contribution is -0.00000788. The van der Waals surface area contributed by atoms with Crippen molar-refractivity contribution in [2.24, 2.45) is 0 Å². The van der Waals surface area contributed by atoms with Gasteiger partial charge in [0, 0.05) is 0 Å². The van der Waals surface area contributed by atoms with Gasteiger partial charge in [0.25, 0.3) is 0 Å². The van der Waals surface area contributed by atoms with Crippen molar-refractivity contribution in [1.29, 1.82) is 0 Å². The highest BCUT2D eigenvalue weighted by Gasteiger charge is 2.41. The number of hydrogen-bond acceptors (Lipinski definition) is 0. The van der Waals surface area contributed by atoms with E-state index in [1.54, 1.807) is 10.6 Å². The molecule has 0 nitrogen and oxygen atoms in total. The standard InChI is InChI=1S/C36H60P.ClH/c1-3-5-7-9-11-13-15-17-19-27-33-37(35-29-23-21-24-30-35,36-31-25-22-26-32-36)34-28-20-18-16-14-12-10-8-6-4-2;/h21-26,29-32H,3-20,27-28,33-34H2,1-2H3;1H/q+1;/p-1. The highest BCUT2D eigenvalue weighted by atomic mass is 35.5. The maximum absolute atomic E-state index is 2.45. The lowest BCUT2D eigenvalue weighted by Crippen LogP contribution is -3.00. The molecule has 0 radical (unpaired) electrons. The van der Waals surface area contributed by atoms with E-state index in [0.29, 0.717) is 0 Å². The Labute approximate surface area is 244 Å². The van der Waals surface area contributed by atoms with Crippen molar-refractivity contribution in [2.75, 3.05) is 12.3 Å². The highest BCUT2D eigenvalue weighted by molar-refractivity contribution is 7.89. The van der Waals surface area contributed by atoms with Crippen LogP contribution in [-0.4, -0.2) is 12.3 Å². The Hall–Kier alpha value is -0.840. The van der Waals surface area contributed by atoms with E-state index in [1.807, 2.05) is 0 Å². The van der Waals surface area contributed by atoms with Crippen molar-refractivity contribution in [3.63, 3.8) is 0 Å². The average Bonchev–Trinajstić information content (AvgIpc) is 2.95. The second-order valence-corrected chi connectivity index (χ2v) is 15.3. The molecule has 0 amide bonds. The molecule has 0 spiro atoms. The fraction of sp³-hybridized carbons (Fsp3) is 0.667. The monoisotopic (exact) mass is 558 g/mol. The zero-order chi connectivity index (χ0) is 26.3. The molecular weight excluding hydrogens is 499 g/mol. The van der Waals surface area contributed by atoms with Gasteiger partial charge < -0.3 is 12.4 Å². The molecule has 2 heteroatoms. The Balaban J connectivity index is 0.00000722. The molecule has 0 atom stereocenters. The smallest absolute Gasteiger partial charge is 0.0991 e. The molecule has 0 saturated carbocycles. The van der Waals surface area contributed by atoms with Crippen molar-refractivity contribution >= 4 is 17.9 Å². The summed E-state index contributed by atoms with van der Waals surface area (Å²) in [6.45, 7) is 4.62. The average molecular weight is 559 g/mol. The fourth-order valence-electron chi connectivity index (χ4n) is 5.94. The predicted octanol–water partition coefficient (Wildman–Crippen LogP) is 8.50. The number of benzene rings is 2. The van der Waals surface area contributed by atoms with E-state index >= 15 is 0 Å². The minimum absolute atomic E-state index is 0. The van der Waals surface area contributed by atoms with Crippen LogP contribution in [0.4, 0.5) is 0 Å². The molecule has 216 valence electrons. The Kier molecular flexibility index (Phi) is 22.2. The van der Waals surface area contributed by atoms with Gasteiger partial charge in [0.2, 0.25) is 0 Å². The van der Waals surface area contributed by atoms with E-state index in [-0.39, 0.29) is 12.4 Å². The third kappa shape index (κ3) is 14.5. The van der Waals surface area contributed by atoms with Crippen LogP contribution in [0.1, 0.15) is 142 Å². The first kappa shape index (κ1) is 35.2. The van der Waals surface area contributed by atoms with Crippen molar-refractivity contribution in [3.8, 4) is 0 Å². The highest BCUT2D eigenvalue weighted by Crippen LogP contribution is 2.57. The number of hydrogen-bond donors (Lipinski definition) is 0. The molecule has 0 saturated heterocycles. The number of rotatable bonds is 24. The van der Waals surface area contributed by atoms with Gasteiger partial charge in [0.1, 0.15) is 0 Å². The minimum Gasteiger partial charge on any atom is -1.00 e. The van der Waals surface area contributed by atoms with E-state index in [9.17, 15) is 0 Å². The Bertz CT molecular complexity index is 679. The zero-order valence-corrected chi connectivity index (χ0v) is 26.8. The lowest BCUT2D eigenvalue weighted by Gasteiger charge is -2.28. The summed E-state index contributed by atoms with van der Waals surface area (Å²) in [6, 6.07) is 23.3. The largest absolute Gasteiger partial charge is 1.00 e. The van der Waals surface area contributed by atoms with E-state index in [1.165, 1.54) is 141 Å². The molecule has 0 aliphatic heterocycles. The summed E-state index contributed by atoms with van der Waals surface area (Å²) in [5, 5.41) is 3.29. The van der Waals surface area contributed by atoms with Gasteiger partial charge >= 0.3 is 0 Å². The maximum Gasteiger partial charge on any atom is 0.0991 e. The third-order valence-corrected chi connectivity index (χ3v) is 13.0. The molecule has 0 aliphatic carbocycles. The van der Waals surface area contributed by atoms with Crippen LogP contribution in [0.5, 0.6) is 0 Å². The summed E-state index contributed by atoms with van der Waals surface area (Å²) in [5.74, 6) is 0. The van der Waals surface area contributed by atoms with Crippen LogP contribution in [0.2, 0.25) is 0 Å². The lowest BCUT2D eigenvalue weighted by atomic mass is 10.1. The molecule has 0 bridgehead atoms. The molecule has 0 heterocycles. The summed E-state index contributed by atoms with van der Waals surface area (Å²) >= 11 is 0. The van der Waals surface area contributed by atoms with Crippen molar-refractivity contribution in [1.82, 2.24) is 0 Å². The molecule has 2 rings (SSSR count). The first-order valence-electron chi connectivity index (χ1n) is 16.3. The second-order valence-electron chi connectivity index (χ2n) is 11.5. The molecule has 0 aliphatic rings. The summed E-state index contributed by atoms with van der Waals surface area (Å²) in [6.07, 6.45) is 31.2. The van der Waals surface area contributed by atoms with Crippen LogP contribution in [-0.2, 0) is 0 Å². The molecule has 0 fully saturated rings. The van der Waals surface area contributed by atoms with Gasteiger partial charge in [0.05, 0.1) is 30.2 Å². The van der Waals surface area contributed by atoms with Crippen LogP contribution in [0.15, 0.2) is 60.7 Å². The fourth-order valence-corrected chi connectivity index (χ4v) is 10.5. The zero-order valence-electron chi connectivity index (χ0n) is 25.2. The Morgan fingerprint density at radius 3 is 0.921 bits per heavy atom. The SMILES string of the molecule is CCCCCCCCCCCC[P+](CCCCCCCCCCCC)(c1ccccc1)c1ccccc1.[Cl-]. The van der Waals surface area contributed by atoms with E-state index in [2.05, 4.69) is 74.5 Å². The van der Waals surface area contributed by atoms with Crippen LogP contribution >= 0.6 is 7.26 Å². The van der Waals surface area contributed by atoms with Gasteiger partial charge in [0.15, 0.2) is 0 Å². The van der Waals surface area contributed by atoms with Crippen molar-refractivity contribution < 1.29 is 12.4 Å². The summed E-state index contributed by atoms with van der Waals surface area (Å²) < 4.78 is 0. The predicted molar refractivity (Wildman–Crippen MR) is 172 cm³/mol. The molecule has 38 heavy (non-hydrogen) atoms. The Morgan fingerprint density at radius 1 is 0.368 bits per heavy atom. The van der Waals surface area contributed by atoms with Gasteiger partial charge in [-0.05, 0) is 49.9 Å². The second kappa shape index (κ2) is 24.0. The first-order valence-corrected chi connectivity index (χ1v) is 18.5. The number of halogens is 1. The van der Waals surface area contributed by atoms with Crippen LogP contribution in [0, 0.1) is 0 Å². The van der Waals surface area contributed by atoms with E-state index in [4.69, 9.17) is 0 Å². The van der Waals surface area contributed by atoms with E-state index < -0.39 is 7.26 Å². The topological polar surface area (TPSA) is 0 Å². The van der Waals surface area contributed by atoms with E-state index in [0.717, 1.165) is 0 Å². The van der Waals surface area contributed by atoms with Crippen molar-refractivity contribution in [3.05, 3.63) is 60.7 Å². The van der Waals surface area contributed by atoms with Gasteiger partial charge in [-0.25, -0.2) is 0 Å². The molecule has 2 aromatic rings. The van der Waals surface area contributed by atoms with Crippen LogP contribution in [0.25, 0.3) is 0 Å². The summed E-state index contributed by atoms with van der Waals surface area (Å²) in [7, 11) is -1.35. The first-order chi connectivity index (χ1) is 18.3. The minimum atomic E-state index is -1.35. The quantitative estimate of drug-likeness (QED) is 0.0894. The maximum atomic E-state index is 2.45. The van der Waals surface area contributed by atoms with Crippen molar-refractivity contribution in [2.45, 2.75) is 142 Å². The molecule has 0 unspecified atom stereocenters. The van der Waals surface area contributed by atoms with Crippen LogP contribution < -0.4 is 23.0 Å². The number of unbranched alkanes of at least 4 members (excludes halogenated alkanes) is 18. The third-order valence-electron chi connectivity index (χ3n) is 8.29. The molecule has 0 aromatic heterocycles. The summed E-state index contributed by atoms with van der Waals surface area (Å²) in [5.41, 5.74) is 0. The van der Waals surface area contributed by atoms with Gasteiger partial charge in [-0.15, -0.1) is 0 Å². The molecular formula is C36H60ClP. The van der Waals surface area contributed by atoms with Gasteiger partial charge in [-0.3, -0.25) is 0 Å².